The molecule has 0 aromatic carbocycles. The fraction of sp³-hybridized carbons (Fsp3) is 0.846. The van der Waals surface area contributed by atoms with E-state index in [9.17, 15) is 0 Å². The number of ether oxygens (including phenoxy) is 1. The summed E-state index contributed by atoms with van der Waals surface area (Å²) in [4.78, 5) is 0. The number of terminal acetylenes is 1. The summed E-state index contributed by atoms with van der Waals surface area (Å²) in [5.41, 5.74) is 6.12. The van der Waals surface area contributed by atoms with Crippen LogP contribution in [0.5, 0.6) is 0 Å². The number of hydrogen-bond donors (Lipinski definition) is 1. The Morgan fingerprint density at radius 1 is 1.40 bits per heavy atom. The van der Waals surface area contributed by atoms with Gasteiger partial charge in [-0.2, -0.15) is 0 Å². The van der Waals surface area contributed by atoms with E-state index in [1.54, 1.807) is 7.11 Å². The molecule has 0 aromatic heterocycles. The number of methoxy groups -OCH3 is 1. The summed E-state index contributed by atoms with van der Waals surface area (Å²) in [6.45, 7) is 0. The zero-order valence-corrected chi connectivity index (χ0v) is 9.74. The summed E-state index contributed by atoms with van der Waals surface area (Å²) in [5, 5.41) is 0. The van der Waals surface area contributed by atoms with Gasteiger partial charge in [-0.25, -0.2) is 0 Å². The van der Waals surface area contributed by atoms with E-state index in [-0.39, 0.29) is 12.1 Å². The molecule has 0 aromatic rings. The number of hydrogen-bond acceptors (Lipinski definition) is 2. The second-order valence-corrected chi connectivity index (χ2v) is 4.51. The lowest BCUT2D eigenvalue weighted by Crippen LogP contribution is -2.42. The van der Waals surface area contributed by atoms with Crippen molar-refractivity contribution in [3.63, 3.8) is 0 Å². The second kappa shape index (κ2) is 6.87. The Hall–Kier alpha value is -0.520. The molecule has 0 bridgehead atoms. The quantitative estimate of drug-likeness (QED) is 0.705. The smallest absolute Gasteiger partial charge is 0.0750 e. The van der Waals surface area contributed by atoms with Crippen LogP contribution in [0.3, 0.4) is 0 Å². The lowest BCUT2D eigenvalue weighted by atomic mass is 9.82. The minimum absolute atomic E-state index is 0.106. The highest BCUT2D eigenvalue weighted by Crippen LogP contribution is 2.29. The third-order valence-corrected chi connectivity index (χ3v) is 3.43. The third-order valence-electron chi connectivity index (χ3n) is 3.43. The fourth-order valence-electron chi connectivity index (χ4n) is 2.59. The first-order valence-electron chi connectivity index (χ1n) is 6.01. The van der Waals surface area contributed by atoms with Gasteiger partial charge in [0.2, 0.25) is 0 Å². The Balaban J connectivity index is 2.42. The molecule has 2 atom stereocenters. The van der Waals surface area contributed by atoms with E-state index >= 15 is 0 Å². The van der Waals surface area contributed by atoms with Crippen LogP contribution in [0.4, 0.5) is 0 Å². The first-order valence-corrected chi connectivity index (χ1v) is 6.01. The maximum Gasteiger partial charge on any atom is 0.0750 e. The molecule has 2 unspecified atom stereocenters. The zero-order valence-electron chi connectivity index (χ0n) is 9.74. The van der Waals surface area contributed by atoms with Crippen LogP contribution in [0.2, 0.25) is 0 Å². The van der Waals surface area contributed by atoms with Crippen LogP contribution in [0, 0.1) is 18.3 Å². The van der Waals surface area contributed by atoms with Crippen LogP contribution in [0.1, 0.15) is 44.9 Å². The third kappa shape index (κ3) is 3.85. The van der Waals surface area contributed by atoms with Crippen LogP contribution in [-0.4, -0.2) is 19.3 Å². The summed E-state index contributed by atoms with van der Waals surface area (Å²) in [7, 11) is 1.77. The molecule has 2 nitrogen and oxygen atoms in total. The molecule has 1 rings (SSSR count). The average Bonchev–Trinajstić information content (AvgIpc) is 2.29. The van der Waals surface area contributed by atoms with E-state index < -0.39 is 0 Å². The van der Waals surface area contributed by atoms with E-state index in [2.05, 4.69) is 5.92 Å². The molecular weight excluding hydrogens is 186 g/mol. The van der Waals surface area contributed by atoms with Crippen LogP contribution in [-0.2, 0) is 4.74 Å². The Bertz CT molecular complexity index is 203. The first-order chi connectivity index (χ1) is 7.29. The molecular formula is C13H23NO. The van der Waals surface area contributed by atoms with Gasteiger partial charge >= 0.3 is 0 Å². The van der Waals surface area contributed by atoms with Gasteiger partial charge in [-0.05, 0) is 25.2 Å². The summed E-state index contributed by atoms with van der Waals surface area (Å²) < 4.78 is 5.56. The van der Waals surface area contributed by atoms with Crippen molar-refractivity contribution in [2.75, 3.05) is 7.11 Å². The molecule has 0 heterocycles. The lowest BCUT2D eigenvalue weighted by Gasteiger charge is -2.32. The fourth-order valence-corrected chi connectivity index (χ4v) is 2.59. The summed E-state index contributed by atoms with van der Waals surface area (Å²) in [6.07, 6.45) is 13.6. The minimum Gasteiger partial charge on any atom is -0.380 e. The Morgan fingerprint density at radius 2 is 2.07 bits per heavy atom. The summed E-state index contributed by atoms with van der Waals surface area (Å²) in [5.74, 6) is 3.29. The molecule has 1 aliphatic rings. The molecule has 0 spiro atoms. The molecule has 1 aliphatic carbocycles. The van der Waals surface area contributed by atoms with Gasteiger partial charge in [0, 0.05) is 19.6 Å². The largest absolute Gasteiger partial charge is 0.380 e. The van der Waals surface area contributed by atoms with E-state index in [1.807, 2.05) is 0 Å². The predicted molar refractivity (Wildman–Crippen MR) is 63.4 cm³/mol. The maximum atomic E-state index is 6.12. The monoisotopic (exact) mass is 209 g/mol. The summed E-state index contributed by atoms with van der Waals surface area (Å²) in [6, 6.07) is 0.106. The van der Waals surface area contributed by atoms with E-state index in [1.165, 1.54) is 32.1 Å². The topological polar surface area (TPSA) is 35.2 Å². The van der Waals surface area contributed by atoms with Gasteiger partial charge in [0.05, 0.1) is 6.10 Å². The van der Waals surface area contributed by atoms with E-state index in [0.717, 1.165) is 12.8 Å². The molecule has 1 fully saturated rings. The highest BCUT2D eigenvalue weighted by atomic mass is 16.5. The van der Waals surface area contributed by atoms with Crippen LogP contribution in [0.15, 0.2) is 0 Å². The van der Waals surface area contributed by atoms with Gasteiger partial charge in [0.1, 0.15) is 0 Å². The molecule has 2 N–H and O–H groups in total. The second-order valence-electron chi connectivity index (χ2n) is 4.51. The van der Waals surface area contributed by atoms with Crippen LogP contribution in [0.25, 0.3) is 0 Å². The Labute approximate surface area is 93.6 Å². The van der Waals surface area contributed by atoms with Crippen molar-refractivity contribution in [1.29, 1.82) is 0 Å². The normalized spacial score (nSPS) is 21.9. The van der Waals surface area contributed by atoms with Gasteiger partial charge in [-0.15, -0.1) is 12.3 Å². The van der Waals surface area contributed by atoms with Gasteiger partial charge in [-0.3, -0.25) is 0 Å². The molecule has 86 valence electrons. The van der Waals surface area contributed by atoms with Crippen molar-refractivity contribution in [2.45, 2.75) is 57.1 Å². The maximum absolute atomic E-state index is 6.12. The molecule has 0 amide bonds. The van der Waals surface area contributed by atoms with Gasteiger partial charge in [0.15, 0.2) is 0 Å². The van der Waals surface area contributed by atoms with Crippen molar-refractivity contribution in [1.82, 2.24) is 0 Å². The first kappa shape index (κ1) is 12.5. The average molecular weight is 209 g/mol. The molecule has 15 heavy (non-hydrogen) atoms. The van der Waals surface area contributed by atoms with Gasteiger partial charge in [-0.1, -0.05) is 19.3 Å². The van der Waals surface area contributed by atoms with Gasteiger partial charge in [0.25, 0.3) is 0 Å². The van der Waals surface area contributed by atoms with Crippen LogP contribution < -0.4 is 5.73 Å². The molecule has 0 aliphatic heterocycles. The lowest BCUT2D eigenvalue weighted by molar-refractivity contribution is 0.0162. The molecule has 0 radical (unpaired) electrons. The zero-order chi connectivity index (χ0) is 11.1. The molecule has 2 heteroatoms. The van der Waals surface area contributed by atoms with E-state index in [0.29, 0.717) is 5.92 Å². The standard InChI is InChI=1S/C13H23NO/c1-3-4-10-12(14)13(15-2)11-8-6-5-7-9-11/h1,11-13H,4-10,14H2,2H3. The van der Waals surface area contributed by atoms with Crippen molar-refractivity contribution in [3.05, 3.63) is 0 Å². The Morgan fingerprint density at radius 3 is 2.60 bits per heavy atom. The number of nitrogens with two attached hydrogens (primary N) is 1. The van der Waals surface area contributed by atoms with E-state index in [4.69, 9.17) is 16.9 Å². The van der Waals surface area contributed by atoms with Crippen LogP contribution >= 0.6 is 0 Å². The summed E-state index contributed by atoms with van der Waals surface area (Å²) >= 11 is 0. The van der Waals surface area contributed by atoms with Crippen molar-refractivity contribution >= 4 is 0 Å². The minimum atomic E-state index is 0.106. The van der Waals surface area contributed by atoms with Crippen molar-refractivity contribution in [3.8, 4) is 12.3 Å². The molecule has 0 saturated heterocycles. The molecule has 1 saturated carbocycles. The Kier molecular flexibility index (Phi) is 5.75. The SMILES string of the molecule is C#CCCC(N)C(OC)C1CCCCC1. The van der Waals surface area contributed by atoms with Crippen molar-refractivity contribution < 1.29 is 4.74 Å². The van der Waals surface area contributed by atoms with Gasteiger partial charge < -0.3 is 10.5 Å². The highest BCUT2D eigenvalue weighted by Gasteiger charge is 2.27. The van der Waals surface area contributed by atoms with Crippen molar-refractivity contribution in [2.24, 2.45) is 11.7 Å². The highest BCUT2D eigenvalue weighted by molar-refractivity contribution is 4.89. The number of rotatable bonds is 5. The predicted octanol–water partition coefficient (Wildman–Crippen LogP) is 2.32.